The summed E-state index contributed by atoms with van der Waals surface area (Å²) in [5.74, 6) is -0.461. The zero-order valence-corrected chi connectivity index (χ0v) is 13.3. The monoisotopic (exact) mass is 327 g/mol. The summed E-state index contributed by atoms with van der Waals surface area (Å²) < 4.78 is 13.0. The molecule has 2 aromatic heterocycles. The van der Waals surface area contributed by atoms with Crippen LogP contribution in [-0.4, -0.2) is 27.8 Å². The van der Waals surface area contributed by atoms with Gasteiger partial charge in [-0.05, 0) is 36.4 Å². The normalized spacial score (nSPS) is 10.5. The number of rotatable bonds is 4. The first-order chi connectivity index (χ1) is 11.1. The highest BCUT2D eigenvalue weighted by Crippen LogP contribution is 2.24. The van der Waals surface area contributed by atoms with Crippen LogP contribution in [0, 0.1) is 5.82 Å². The maximum Gasteiger partial charge on any atom is 0.273 e. The zero-order chi connectivity index (χ0) is 16.2. The van der Waals surface area contributed by atoms with Crippen molar-refractivity contribution in [3.05, 3.63) is 71.2 Å². The molecule has 1 amide bonds. The number of aromatic nitrogens is 2. The summed E-state index contributed by atoms with van der Waals surface area (Å²) in [7, 11) is 1.72. The van der Waals surface area contributed by atoms with Gasteiger partial charge in [0.2, 0.25) is 0 Å². The Balaban J connectivity index is 1.74. The third-order valence-corrected chi connectivity index (χ3v) is 4.18. The van der Waals surface area contributed by atoms with E-state index in [9.17, 15) is 9.18 Å². The average molecular weight is 327 g/mol. The first kappa shape index (κ1) is 15.3. The van der Waals surface area contributed by atoms with Crippen molar-refractivity contribution in [2.45, 2.75) is 6.54 Å². The predicted octanol–water partition coefficient (Wildman–Crippen LogP) is 3.62. The summed E-state index contributed by atoms with van der Waals surface area (Å²) in [5, 5.41) is 2.41. The minimum absolute atomic E-state index is 0.166. The second kappa shape index (κ2) is 6.66. The van der Waals surface area contributed by atoms with Gasteiger partial charge >= 0.3 is 0 Å². The molecule has 0 fully saturated rings. The minimum atomic E-state index is -0.295. The summed E-state index contributed by atoms with van der Waals surface area (Å²) in [5.41, 5.74) is 1.99. The lowest BCUT2D eigenvalue weighted by molar-refractivity contribution is 0.0778. The van der Waals surface area contributed by atoms with Gasteiger partial charge in [0.25, 0.3) is 5.91 Å². The third-order valence-electron chi connectivity index (χ3n) is 3.29. The van der Waals surface area contributed by atoms with E-state index in [1.54, 1.807) is 35.7 Å². The Bertz CT molecular complexity index is 802. The fourth-order valence-corrected chi connectivity index (χ4v) is 2.90. The lowest BCUT2D eigenvalue weighted by atomic mass is 10.2. The lowest BCUT2D eigenvalue weighted by Gasteiger charge is -2.15. The molecular formula is C17H14FN3OS. The zero-order valence-electron chi connectivity index (χ0n) is 12.4. The Labute approximate surface area is 137 Å². The van der Waals surface area contributed by atoms with Crippen LogP contribution in [0.1, 0.15) is 16.2 Å². The second-order valence-corrected chi connectivity index (χ2v) is 5.89. The number of benzene rings is 1. The van der Waals surface area contributed by atoms with E-state index < -0.39 is 0 Å². The number of amides is 1. The highest BCUT2D eigenvalue weighted by molar-refractivity contribution is 7.13. The van der Waals surface area contributed by atoms with Crippen LogP contribution in [0.4, 0.5) is 4.39 Å². The summed E-state index contributed by atoms with van der Waals surface area (Å²) in [4.78, 5) is 22.6. The minimum Gasteiger partial charge on any atom is -0.334 e. The molecule has 0 radical (unpaired) electrons. The van der Waals surface area contributed by atoms with Crippen molar-refractivity contribution in [3.63, 3.8) is 0 Å². The Morgan fingerprint density at radius 2 is 2.00 bits per heavy atom. The van der Waals surface area contributed by atoms with Crippen molar-refractivity contribution < 1.29 is 9.18 Å². The number of carbonyl (C=O) groups is 1. The Morgan fingerprint density at radius 1 is 1.22 bits per heavy atom. The van der Waals surface area contributed by atoms with Crippen molar-refractivity contribution in [2.75, 3.05) is 7.05 Å². The van der Waals surface area contributed by atoms with Gasteiger partial charge in [-0.2, -0.15) is 0 Å². The molecule has 3 rings (SSSR count). The molecule has 23 heavy (non-hydrogen) atoms. The topological polar surface area (TPSA) is 46.1 Å². The van der Waals surface area contributed by atoms with E-state index in [-0.39, 0.29) is 11.7 Å². The number of nitrogens with zero attached hydrogens (tertiary/aromatic N) is 3. The van der Waals surface area contributed by atoms with E-state index in [1.807, 2.05) is 18.2 Å². The molecule has 0 spiro atoms. The first-order valence-electron chi connectivity index (χ1n) is 7.00. The number of halogens is 1. The molecule has 0 aliphatic heterocycles. The van der Waals surface area contributed by atoms with Gasteiger partial charge in [0.1, 0.15) is 16.5 Å². The molecule has 0 aliphatic carbocycles. The van der Waals surface area contributed by atoms with Gasteiger partial charge in [-0.1, -0.05) is 6.07 Å². The number of hydrogen-bond donors (Lipinski definition) is 0. The van der Waals surface area contributed by atoms with Crippen LogP contribution in [0.3, 0.4) is 0 Å². The van der Waals surface area contributed by atoms with Crippen LogP contribution in [-0.2, 0) is 6.54 Å². The van der Waals surface area contributed by atoms with E-state index in [4.69, 9.17) is 0 Å². The van der Waals surface area contributed by atoms with Crippen molar-refractivity contribution in [2.24, 2.45) is 0 Å². The molecule has 6 heteroatoms. The molecule has 0 aliphatic rings. The average Bonchev–Trinajstić information content (AvgIpc) is 3.05. The highest BCUT2D eigenvalue weighted by Gasteiger charge is 2.16. The molecule has 0 N–H and O–H groups in total. The van der Waals surface area contributed by atoms with Crippen LogP contribution in [0.5, 0.6) is 0 Å². The van der Waals surface area contributed by atoms with E-state index in [0.717, 1.165) is 11.3 Å². The summed E-state index contributed by atoms with van der Waals surface area (Å²) >= 11 is 1.36. The fraction of sp³-hybridized carbons (Fsp3) is 0.118. The van der Waals surface area contributed by atoms with Gasteiger partial charge < -0.3 is 4.90 Å². The van der Waals surface area contributed by atoms with E-state index in [1.165, 1.54) is 23.5 Å². The molecule has 3 aromatic rings. The summed E-state index contributed by atoms with van der Waals surface area (Å²) in [6, 6.07) is 11.7. The Kier molecular flexibility index (Phi) is 4.43. The van der Waals surface area contributed by atoms with Crippen molar-refractivity contribution in [1.82, 2.24) is 14.9 Å². The molecule has 0 unspecified atom stereocenters. The fourth-order valence-electron chi connectivity index (χ4n) is 2.10. The third kappa shape index (κ3) is 3.60. The molecule has 0 bridgehead atoms. The maximum absolute atomic E-state index is 13.0. The second-order valence-electron chi connectivity index (χ2n) is 5.03. The van der Waals surface area contributed by atoms with Crippen LogP contribution in [0.25, 0.3) is 10.6 Å². The van der Waals surface area contributed by atoms with Crippen LogP contribution in [0.2, 0.25) is 0 Å². The largest absolute Gasteiger partial charge is 0.334 e. The predicted molar refractivity (Wildman–Crippen MR) is 87.5 cm³/mol. The van der Waals surface area contributed by atoms with E-state index in [0.29, 0.717) is 17.2 Å². The molecule has 0 saturated heterocycles. The molecular weight excluding hydrogens is 313 g/mol. The van der Waals surface area contributed by atoms with Crippen molar-refractivity contribution in [3.8, 4) is 10.6 Å². The molecule has 0 atom stereocenters. The van der Waals surface area contributed by atoms with Gasteiger partial charge in [-0.3, -0.25) is 9.78 Å². The number of carbonyl (C=O) groups excluding carboxylic acids is 1. The Morgan fingerprint density at radius 3 is 2.70 bits per heavy atom. The quantitative estimate of drug-likeness (QED) is 0.735. The van der Waals surface area contributed by atoms with Gasteiger partial charge in [0.05, 0.1) is 12.2 Å². The van der Waals surface area contributed by atoms with E-state index in [2.05, 4.69) is 9.97 Å². The molecule has 116 valence electrons. The first-order valence-corrected chi connectivity index (χ1v) is 7.88. The summed E-state index contributed by atoms with van der Waals surface area (Å²) in [6.07, 6.45) is 1.70. The molecule has 2 heterocycles. The van der Waals surface area contributed by atoms with Crippen molar-refractivity contribution >= 4 is 17.2 Å². The van der Waals surface area contributed by atoms with Gasteiger partial charge in [0, 0.05) is 24.2 Å². The summed E-state index contributed by atoms with van der Waals surface area (Å²) in [6.45, 7) is 0.420. The molecule has 1 aromatic carbocycles. The van der Waals surface area contributed by atoms with Crippen LogP contribution in [0.15, 0.2) is 54.0 Å². The number of thiazole rings is 1. The Hall–Kier alpha value is -2.60. The van der Waals surface area contributed by atoms with Gasteiger partial charge in [-0.25, -0.2) is 9.37 Å². The highest BCUT2D eigenvalue weighted by atomic mass is 32.1. The number of hydrogen-bond acceptors (Lipinski definition) is 4. The standard InChI is InChI=1S/C17H14FN3OS/c1-21(10-14-4-2-3-9-19-14)17(22)15-11-23-16(20-15)12-5-7-13(18)8-6-12/h2-9,11H,10H2,1H3. The van der Waals surface area contributed by atoms with Crippen LogP contribution < -0.4 is 0 Å². The smallest absolute Gasteiger partial charge is 0.273 e. The lowest BCUT2D eigenvalue weighted by Crippen LogP contribution is -2.26. The van der Waals surface area contributed by atoms with Crippen molar-refractivity contribution in [1.29, 1.82) is 0 Å². The van der Waals surface area contributed by atoms with Gasteiger partial charge in [-0.15, -0.1) is 11.3 Å². The SMILES string of the molecule is CN(Cc1ccccn1)C(=O)c1csc(-c2ccc(F)cc2)n1. The molecule has 4 nitrogen and oxygen atoms in total. The van der Waals surface area contributed by atoms with Gasteiger partial charge in [0.15, 0.2) is 0 Å². The van der Waals surface area contributed by atoms with E-state index >= 15 is 0 Å². The molecule has 0 saturated carbocycles. The van der Waals surface area contributed by atoms with Crippen LogP contribution >= 0.6 is 11.3 Å². The number of pyridine rings is 1. The maximum atomic E-state index is 13.0.